The maximum Gasteiger partial charge on any atom is 0.224 e. The standard InChI is InChI=1S/C22H26F2N2O2S/c1-25-21(27)17(12-15-4-2-3-5-18(15)23)14-26-9-7-22(8-10-26)20-16(6-11-28-22)13-19(24)29-20/h2-5,13,17H,6-12,14H2,1H3,(H,25,27)/t17-/m1/s1/i1-1. The van der Waals surface area contributed by atoms with Gasteiger partial charge in [-0.05, 0) is 48.9 Å². The van der Waals surface area contributed by atoms with Gasteiger partial charge in [-0.25, -0.2) is 4.39 Å². The smallest absolute Gasteiger partial charge is 0.224 e. The van der Waals surface area contributed by atoms with E-state index in [2.05, 4.69) is 10.2 Å². The van der Waals surface area contributed by atoms with Crippen LogP contribution in [0.1, 0.15) is 28.8 Å². The van der Waals surface area contributed by atoms with E-state index < -0.39 is 5.60 Å². The van der Waals surface area contributed by atoms with Crippen LogP contribution in [0.5, 0.6) is 0 Å². The number of hydrogen-bond acceptors (Lipinski definition) is 4. The summed E-state index contributed by atoms with van der Waals surface area (Å²) in [4.78, 5) is 15.7. The van der Waals surface area contributed by atoms with Crippen LogP contribution in [-0.4, -0.2) is 44.1 Å². The third kappa shape index (κ3) is 4.22. The van der Waals surface area contributed by atoms with E-state index in [0.29, 0.717) is 25.1 Å². The van der Waals surface area contributed by atoms with Crippen LogP contribution in [-0.2, 0) is 28.0 Å². The molecular weight excluding hydrogens is 393 g/mol. The maximum atomic E-state index is 14.1. The van der Waals surface area contributed by atoms with Crippen molar-refractivity contribution in [3.05, 3.63) is 57.3 Å². The number of carbonyl (C=O) groups is 1. The highest BCUT2D eigenvalue weighted by atomic mass is 32.1. The van der Waals surface area contributed by atoms with Gasteiger partial charge in [0, 0.05) is 31.6 Å². The number of hydrogen-bond donors (Lipinski definition) is 1. The van der Waals surface area contributed by atoms with Crippen LogP contribution in [0.2, 0.25) is 0 Å². The van der Waals surface area contributed by atoms with E-state index in [4.69, 9.17) is 4.74 Å². The summed E-state index contributed by atoms with van der Waals surface area (Å²) in [5.41, 5.74) is 1.24. The second kappa shape index (κ2) is 8.50. The molecule has 1 amide bonds. The molecule has 0 aliphatic carbocycles. The van der Waals surface area contributed by atoms with E-state index in [1.165, 1.54) is 17.4 Å². The van der Waals surface area contributed by atoms with Gasteiger partial charge in [-0.2, -0.15) is 4.39 Å². The van der Waals surface area contributed by atoms with Crippen LogP contribution >= 0.6 is 11.3 Å². The van der Waals surface area contributed by atoms with Crippen LogP contribution in [0.15, 0.2) is 30.3 Å². The third-order valence-electron chi connectivity index (χ3n) is 6.13. The van der Waals surface area contributed by atoms with Gasteiger partial charge >= 0.3 is 0 Å². The molecule has 0 bridgehead atoms. The lowest BCUT2D eigenvalue weighted by Crippen LogP contribution is -2.48. The number of rotatable bonds is 5. The maximum absolute atomic E-state index is 14.1. The molecule has 1 aromatic carbocycles. The molecule has 4 rings (SSSR count). The molecule has 1 N–H and O–H groups in total. The van der Waals surface area contributed by atoms with Crippen molar-refractivity contribution in [1.29, 1.82) is 0 Å². The molecule has 0 radical (unpaired) electrons. The fourth-order valence-electron chi connectivity index (χ4n) is 4.54. The fourth-order valence-corrected chi connectivity index (χ4v) is 5.68. The Balaban J connectivity index is 1.43. The predicted octanol–water partition coefficient (Wildman–Crippen LogP) is 3.50. The van der Waals surface area contributed by atoms with Gasteiger partial charge in [-0.15, -0.1) is 11.3 Å². The minimum Gasteiger partial charge on any atom is -0.369 e. The van der Waals surface area contributed by atoms with E-state index in [9.17, 15) is 13.6 Å². The quantitative estimate of drug-likeness (QED) is 0.807. The van der Waals surface area contributed by atoms with Crippen molar-refractivity contribution >= 4 is 17.2 Å². The van der Waals surface area contributed by atoms with E-state index in [1.807, 2.05) is 0 Å². The third-order valence-corrected chi connectivity index (χ3v) is 7.28. The number of nitrogens with one attached hydrogen (secondary N) is 1. The van der Waals surface area contributed by atoms with E-state index in [-0.39, 0.29) is 22.8 Å². The molecule has 1 saturated heterocycles. The first-order valence-corrected chi connectivity index (χ1v) is 10.9. The van der Waals surface area contributed by atoms with Crippen LogP contribution in [0, 0.1) is 16.9 Å². The number of ether oxygens (including phenoxy) is 1. The van der Waals surface area contributed by atoms with Crippen molar-refractivity contribution in [1.82, 2.24) is 10.2 Å². The number of likely N-dealkylation sites (tertiary alicyclic amines) is 1. The van der Waals surface area contributed by atoms with Crippen LogP contribution < -0.4 is 5.32 Å². The van der Waals surface area contributed by atoms with Crippen molar-refractivity contribution < 1.29 is 18.3 Å². The molecule has 3 heterocycles. The summed E-state index contributed by atoms with van der Waals surface area (Å²) < 4.78 is 34.1. The van der Waals surface area contributed by atoms with Crippen molar-refractivity contribution in [2.24, 2.45) is 5.92 Å². The summed E-state index contributed by atoms with van der Waals surface area (Å²) >= 11 is 1.21. The summed E-state index contributed by atoms with van der Waals surface area (Å²) in [6.07, 6.45) is 2.69. The average Bonchev–Trinajstić information content (AvgIpc) is 3.12. The molecule has 0 unspecified atom stereocenters. The topological polar surface area (TPSA) is 41.6 Å². The molecule has 1 spiro atoms. The summed E-state index contributed by atoms with van der Waals surface area (Å²) in [7, 11) is 1.62. The Kier molecular flexibility index (Phi) is 5.99. The van der Waals surface area contributed by atoms with Crippen molar-refractivity contribution in [2.45, 2.75) is 31.3 Å². The molecule has 1 aromatic heterocycles. The first-order chi connectivity index (χ1) is 14.0. The summed E-state index contributed by atoms with van der Waals surface area (Å²) in [5, 5.41) is 2.57. The highest BCUT2D eigenvalue weighted by Crippen LogP contribution is 2.45. The first kappa shape index (κ1) is 20.4. The predicted molar refractivity (Wildman–Crippen MR) is 109 cm³/mol. The van der Waals surface area contributed by atoms with Crippen molar-refractivity contribution in [3.8, 4) is 0 Å². The zero-order chi connectivity index (χ0) is 20.4. The number of thiophene rings is 1. The number of carbonyl (C=O) groups excluding carboxylic acids is 1. The number of halogens is 2. The van der Waals surface area contributed by atoms with Crippen LogP contribution in [0.4, 0.5) is 8.78 Å². The lowest BCUT2D eigenvalue weighted by Gasteiger charge is -2.44. The van der Waals surface area contributed by atoms with Crippen LogP contribution in [0.3, 0.4) is 0 Å². The summed E-state index contributed by atoms with van der Waals surface area (Å²) in [6.45, 7) is 2.72. The Labute approximate surface area is 173 Å². The molecule has 0 saturated carbocycles. The number of amides is 1. The number of fused-ring (bicyclic) bond motifs is 2. The first-order valence-electron chi connectivity index (χ1n) is 10.1. The van der Waals surface area contributed by atoms with Gasteiger partial charge in [0.05, 0.1) is 12.5 Å². The Morgan fingerprint density at radius 1 is 1.31 bits per heavy atom. The molecular formula is C22H26F2N2O2S. The lowest BCUT2D eigenvalue weighted by atomic mass is 9.85. The fraction of sp³-hybridized carbons (Fsp3) is 0.500. The molecule has 1 fully saturated rings. The van der Waals surface area contributed by atoms with Crippen molar-refractivity contribution in [2.75, 3.05) is 33.3 Å². The second-order valence-corrected chi connectivity index (χ2v) is 8.91. The molecule has 2 aromatic rings. The highest BCUT2D eigenvalue weighted by Gasteiger charge is 2.43. The largest absolute Gasteiger partial charge is 0.369 e. The zero-order valence-electron chi connectivity index (χ0n) is 16.5. The Bertz CT molecular complexity index is 877. The number of piperidine rings is 1. The molecule has 2 aliphatic rings. The SMILES string of the molecule is [11CH3]NC(=O)[C@H](Cc1ccccc1F)CN1CCC2(CC1)OCCc1cc(F)sc12. The average molecular weight is 420 g/mol. The van der Waals surface area contributed by atoms with E-state index in [0.717, 1.165) is 42.8 Å². The monoisotopic (exact) mass is 419 g/mol. The van der Waals surface area contributed by atoms with Crippen molar-refractivity contribution in [3.63, 3.8) is 0 Å². The molecule has 29 heavy (non-hydrogen) atoms. The molecule has 1 atom stereocenters. The van der Waals surface area contributed by atoms with Gasteiger partial charge < -0.3 is 15.0 Å². The van der Waals surface area contributed by atoms with Gasteiger partial charge in [0.1, 0.15) is 11.4 Å². The number of benzene rings is 1. The normalized spacial score (nSPS) is 19.7. The lowest BCUT2D eigenvalue weighted by molar-refractivity contribution is -0.126. The second-order valence-electron chi connectivity index (χ2n) is 7.90. The van der Waals surface area contributed by atoms with Gasteiger partial charge in [0.2, 0.25) is 5.91 Å². The zero-order valence-corrected chi connectivity index (χ0v) is 17.4. The molecule has 7 heteroatoms. The number of nitrogens with zero attached hydrogens (tertiary/aromatic N) is 1. The van der Waals surface area contributed by atoms with Gasteiger partial charge in [-0.1, -0.05) is 18.2 Å². The van der Waals surface area contributed by atoms with E-state index >= 15 is 0 Å². The highest BCUT2D eigenvalue weighted by molar-refractivity contribution is 7.10. The minimum atomic E-state index is -0.396. The Morgan fingerprint density at radius 2 is 2.07 bits per heavy atom. The van der Waals surface area contributed by atoms with Gasteiger partial charge in [0.15, 0.2) is 5.13 Å². The Morgan fingerprint density at radius 3 is 2.79 bits per heavy atom. The summed E-state index contributed by atoms with van der Waals surface area (Å²) in [6, 6.07) is 8.26. The minimum absolute atomic E-state index is 0.0786. The molecule has 4 nitrogen and oxygen atoms in total. The van der Waals surface area contributed by atoms with E-state index in [1.54, 1.807) is 31.3 Å². The molecule has 156 valence electrons. The summed E-state index contributed by atoms with van der Waals surface area (Å²) in [5.74, 6) is -0.681. The Hall–Kier alpha value is -1.83. The van der Waals surface area contributed by atoms with Gasteiger partial charge in [-0.3, -0.25) is 4.79 Å². The molecule has 2 aliphatic heterocycles. The van der Waals surface area contributed by atoms with Crippen LogP contribution in [0.25, 0.3) is 0 Å². The van der Waals surface area contributed by atoms with Gasteiger partial charge in [0.25, 0.3) is 0 Å².